The van der Waals surface area contributed by atoms with Crippen molar-refractivity contribution in [1.82, 2.24) is 10.2 Å². The van der Waals surface area contributed by atoms with Gasteiger partial charge in [0.1, 0.15) is 0 Å². The molecule has 1 aliphatic heterocycles. The summed E-state index contributed by atoms with van der Waals surface area (Å²) in [5, 5.41) is 3.32. The predicted molar refractivity (Wildman–Crippen MR) is 89.2 cm³/mol. The van der Waals surface area contributed by atoms with Gasteiger partial charge < -0.3 is 16.0 Å². The van der Waals surface area contributed by atoms with Crippen LogP contribution in [0.5, 0.6) is 0 Å². The number of hydrogen-bond acceptors (Lipinski definition) is 3. The first kappa shape index (κ1) is 18.4. The highest BCUT2D eigenvalue weighted by molar-refractivity contribution is 5.84. The van der Waals surface area contributed by atoms with Crippen molar-refractivity contribution in [2.75, 3.05) is 13.1 Å². The van der Waals surface area contributed by atoms with Gasteiger partial charge in [-0.05, 0) is 78.8 Å². The number of hydrogen-bond donors (Lipinski definition) is 2. The van der Waals surface area contributed by atoms with Crippen LogP contribution < -0.4 is 11.1 Å². The van der Waals surface area contributed by atoms with Gasteiger partial charge in [-0.25, -0.2) is 0 Å². The number of nitrogens with zero attached hydrogens (tertiary/aromatic N) is 1. The summed E-state index contributed by atoms with van der Waals surface area (Å²) >= 11 is 0. The molecule has 0 aromatic carbocycles. The molecule has 4 heteroatoms. The Bertz CT molecular complexity index is 332. The summed E-state index contributed by atoms with van der Waals surface area (Å²) in [5.41, 5.74) is 5.00. The second-order valence-electron chi connectivity index (χ2n) is 7.35. The maximum atomic E-state index is 11.7. The van der Waals surface area contributed by atoms with Gasteiger partial charge in [-0.3, -0.25) is 4.79 Å². The summed E-state index contributed by atoms with van der Waals surface area (Å²) < 4.78 is 0. The highest BCUT2D eigenvalue weighted by Gasteiger charge is 2.31. The van der Waals surface area contributed by atoms with Crippen LogP contribution in [0, 0.1) is 5.92 Å². The molecule has 0 bridgehead atoms. The summed E-state index contributed by atoms with van der Waals surface area (Å²) in [6.45, 7) is 13.1. The van der Waals surface area contributed by atoms with Gasteiger partial charge in [-0.1, -0.05) is 6.92 Å². The molecule has 1 heterocycles. The Balaban J connectivity index is 2.36. The molecular weight excluding hydrogens is 262 g/mol. The molecule has 1 rings (SSSR count). The molecule has 1 saturated heterocycles. The molecule has 0 spiro atoms. The first-order chi connectivity index (χ1) is 9.76. The standard InChI is InChI=1S/C17H35N3O/c1-13(2)19-17(5,16(18)21)10-6-7-11-20-12-8-9-14(3)15(20)4/h13-15,19H,6-12H2,1-5H3,(H2,18,21). The molecule has 3 atom stereocenters. The zero-order chi connectivity index (χ0) is 16.0. The fourth-order valence-corrected chi connectivity index (χ4v) is 3.43. The van der Waals surface area contributed by atoms with E-state index < -0.39 is 5.54 Å². The number of amides is 1. The monoisotopic (exact) mass is 297 g/mol. The molecule has 0 radical (unpaired) electrons. The molecule has 124 valence electrons. The lowest BCUT2D eigenvalue weighted by Crippen LogP contribution is -2.55. The lowest BCUT2D eigenvalue weighted by Gasteiger charge is -2.38. The number of primary amides is 1. The highest BCUT2D eigenvalue weighted by atomic mass is 16.1. The van der Waals surface area contributed by atoms with E-state index >= 15 is 0 Å². The van der Waals surface area contributed by atoms with Crippen LogP contribution in [-0.2, 0) is 4.79 Å². The van der Waals surface area contributed by atoms with E-state index in [1.807, 2.05) is 6.92 Å². The molecule has 1 fully saturated rings. The number of unbranched alkanes of at least 4 members (excludes halogenated alkanes) is 1. The minimum Gasteiger partial charge on any atom is -0.368 e. The van der Waals surface area contributed by atoms with E-state index in [9.17, 15) is 4.79 Å². The Hall–Kier alpha value is -0.610. The van der Waals surface area contributed by atoms with Crippen molar-refractivity contribution in [3.8, 4) is 0 Å². The van der Waals surface area contributed by atoms with Crippen molar-refractivity contribution in [2.45, 2.75) is 84.3 Å². The van der Waals surface area contributed by atoms with Crippen LogP contribution in [0.1, 0.15) is 66.7 Å². The molecule has 0 aliphatic carbocycles. The number of nitrogens with one attached hydrogen (secondary N) is 1. The van der Waals surface area contributed by atoms with E-state index in [2.05, 4.69) is 37.9 Å². The Morgan fingerprint density at radius 1 is 1.38 bits per heavy atom. The maximum Gasteiger partial charge on any atom is 0.237 e. The molecular formula is C17H35N3O. The van der Waals surface area contributed by atoms with Crippen LogP contribution in [0.2, 0.25) is 0 Å². The molecule has 0 aromatic rings. The molecule has 21 heavy (non-hydrogen) atoms. The lowest BCUT2D eigenvalue weighted by atomic mass is 9.91. The third kappa shape index (κ3) is 5.59. The van der Waals surface area contributed by atoms with E-state index in [0.717, 1.165) is 31.7 Å². The fourth-order valence-electron chi connectivity index (χ4n) is 3.43. The second kappa shape index (κ2) is 8.14. The van der Waals surface area contributed by atoms with Gasteiger partial charge in [0.2, 0.25) is 5.91 Å². The average molecular weight is 297 g/mol. The van der Waals surface area contributed by atoms with Gasteiger partial charge in [0.25, 0.3) is 0 Å². The summed E-state index contributed by atoms with van der Waals surface area (Å²) in [4.78, 5) is 14.3. The van der Waals surface area contributed by atoms with Crippen molar-refractivity contribution < 1.29 is 4.79 Å². The van der Waals surface area contributed by atoms with E-state index in [1.54, 1.807) is 0 Å². The third-order valence-electron chi connectivity index (χ3n) is 5.03. The van der Waals surface area contributed by atoms with Gasteiger partial charge >= 0.3 is 0 Å². The number of nitrogens with two attached hydrogens (primary N) is 1. The minimum absolute atomic E-state index is 0.240. The summed E-state index contributed by atoms with van der Waals surface area (Å²) in [6.07, 6.45) is 5.67. The minimum atomic E-state index is -0.574. The molecule has 1 amide bonds. The molecule has 0 aromatic heterocycles. The zero-order valence-corrected chi connectivity index (χ0v) is 14.6. The second-order valence-corrected chi connectivity index (χ2v) is 7.35. The van der Waals surface area contributed by atoms with Gasteiger partial charge in [0.15, 0.2) is 0 Å². The molecule has 4 nitrogen and oxygen atoms in total. The lowest BCUT2D eigenvalue weighted by molar-refractivity contribution is -0.124. The Morgan fingerprint density at radius 2 is 2.05 bits per heavy atom. The summed E-state index contributed by atoms with van der Waals surface area (Å²) in [5.74, 6) is 0.563. The summed E-state index contributed by atoms with van der Waals surface area (Å²) in [6, 6.07) is 0.959. The van der Waals surface area contributed by atoms with Crippen molar-refractivity contribution in [1.29, 1.82) is 0 Å². The third-order valence-corrected chi connectivity index (χ3v) is 5.03. The Morgan fingerprint density at radius 3 is 2.62 bits per heavy atom. The number of likely N-dealkylation sites (tertiary alicyclic amines) is 1. The zero-order valence-electron chi connectivity index (χ0n) is 14.6. The number of carbonyl (C=O) groups is 1. The van der Waals surface area contributed by atoms with E-state index in [4.69, 9.17) is 5.73 Å². The van der Waals surface area contributed by atoms with Crippen LogP contribution in [0.15, 0.2) is 0 Å². The maximum absolute atomic E-state index is 11.7. The summed E-state index contributed by atoms with van der Waals surface area (Å²) in [7, 11) is 0. The average Bonchev–Trinajstić information content (AvgIpc) is 2.38. The highest BCUT2D eigenvalue weighted by Crippen LogP contribution is 2.23. The first-order valence-electron chi connectivity index (χ1n) is 8.58. The van der Waals surface area contributed by atoms with Crippen LogP contribution >= 0.6 is 0 Å². The largest absolute Gasteiger partial charge is 0.368 e. The van der Waals surface area contributed by atoms with Gasteiger partial charge in [0.05, 0.1) is 5.54 Å². The first-order valence-corrected chi connectivity index (χ1v) is 8.58. The molecule has 3 unspecified atom stereocenters. The van der Waals surface area contributed by atoms with E-state index in [1.165, 1.54) is 19.4 Å². The van der Waals surface area contributed by atoms with Crippen molar-refractivity contribution in [2.24, 2.45) is 11.7 Å². The molecule has 3 N–H and O–H groups in total. The van der Waals surface area contributed by atoms with Crippen LogP contribution in [0.25, 0.3) is 0 Å². The topological polar surface area (TPSA) is 58.4 Å². The number of piperidine rings is 1. The normalized spacial score (nSPS) is 26.8. The van der Waals surface area contributed by atoms with E-state index in [-0.39, 0.29) is 11.9 Å². The predicted octanol–water partition coefficient (Wildman–Crippen LogP) is 2.52. The van der Waals surface area contributed by atoms with Crippen molar-refractivity contribution >= 4 is 5.91 Å². The SMILES string of the molecule is CC(C)NC(C)(CCCCN1CCCC(C)C1C)C(N)=O. The fraction of sp³-hybridized carbons (Fsp3) is 0.941. The Labute approximate surface area is 130 Å². The van der Waals surface area contributed by atoms with Crippen LogP contribution in [0.3, 0.4) is 0 Å². The Kier molecular flexibility index (Phi) is 7.14. The smallest absolute Gasteiger partial charge is 0.237 e. The number of carbonyl (C=O) groups excluding carboxylic acids is 1. The van der Waals surface area contributed by atoms with Crippen LogP contribution in [0.4, 0.5) is 0 Å². The quantitative estimate of drug-likeness (QED) is 0.677. The van der Waals surface area contributed by atoms with Crippen molar-refractivity contribution in [3.63, 3.8) is 0 Å². The van der Waals surface area contributed by atoms with Gasteiger partial charge in [-0.15, -0.1) is 0 Å². The molecule has 0 saturated carbocycles. The number of rotatable bonds is 8. The van der Waals surface area contributed by atoms with Crippen molar-refractivity contribution in [3.05, 3.63) is 0 Å². The van der Waals surface area contributed by atoms with Gasteiger partial charge in [0, 0.05) is 12.1 Å². The molecule has 1 aliphatic rings. The van der Waals surface area contributed by atoms with Crippen LogP contribution in [-0.4, -0.2) is 41.5 Å². The van der Waals surface area contributed by atoms with Gasteiger partial charge in [-0.2, -0.15) is 0 Å². The van der Waals surface area contributed by atoms with E-state index in [0.29, 0.717) is 6.04 Å².